The lowest BCUT2D eigenvalue weighted by Crippen LogP contribution is -2.14. The Morgan fingerprint density at radius 3 is 2.83 bits per heavy atom. The molecule has 4 nitrogen and oxygen atoms in total. The molecule has 6 heteroatoms. The van der Waals surface area contributed by atoms with E-state index in [1.165, 1.54) is 30.6 Å². The molecule has 92 valence electrons. The topological polar surface area (TPSA) is 68.0 Å². The van der Waals surface area contributed by atoms with Gasteiger partial charge in [0.25, 0.3) is 5.91 Å². The van der Waals surface area contributed by atoms with E-state index in [9.17, 15) is 9.18 Å². The fourth-order valence-corrected chi connectivity index (χ4v) is 1.66. The van der Waals surface area contributed by atoms with Crippen molar-refractivity contribution >= 4 is 28.9 Å². The molecule has 0 atom stereocenters. The van der Waals surface area contributed by atoms with E-state index in [4.69, 9.17) is 17.3 Å². The number of carbonyl (C=O) groups is 1. The summed E-state index contributed by atoms with van der Waals surface area (Å²) in [7, 11) is 0. The third kappa shape index (κ3) is 2.75. The highest BCUT2D eigenvalue weighted by atomic mass is 35.5. The highest BCUT2D eigenvalue weighted by molar-refractivity contribution is 6.31. The van der Waals surface area contributed by atoms with Crippen LogP contribution in [0, 0.1) is 5.82 Å². The molecule has 0 spiro atoms. The average Bonchev–Trinajstić information content (AvgIpc) is 2.27. The Labute approximate surface area is 108 Å². The Morgan fingerprint density at radius 2 is 2.17 bits per heavy atom. The number of nitrogens with zero attached hydrogens (tertiary/aromatic N) is 1. The molecule has 0 fully saturated rings. The molecule has 2 rings (SSSR count). The van der Waals surface area contributed by atoms with Crippen LogP contribution in [0.1, 0.15) is 10.4 Å². The van der Waals surface area contributed by atoms with Crippen molar-refractivity contribution in [3.63, 3.8) is 0 Å². The number of halogens is 2. The predicted octanol–water partition coefficient (Wildman–Crippen LogP) is 2.71. The van der Waals surface area contributed by atoms with Crippen molar-refractivity contribution in [3.05, 3.63) is 53.1 Å². The van der Waals surface area contributed by atoms with Gasteiger partial charge in [-0.3, -0.25) is 9.78 Å². The largest absolute Gasteiger partial charge is 0.397 e. The van der Waals surface area contributed by atoms with E-state index in [0.29, 0.717) is 0 Å². The van der Waals surface area contributed by atoms with E-state index in [0.717, 1.165) is 6.07 Å². The van der Waals surface area contributed by atoms with Crippen molar-refractivity contribution in [1.29, 1.82) is 0 Å². The van der Waals surface area contributed by atoms with E-state index in [1.807, 2.05) is 0 Å². The van der Waals surface area contributed by atoms with Crippen molar-refractivity contribution < 1.29 is 9.18 Å². The molecule has 18 heavy (non-hydrogen) atoms. The van der Waals surface area contributed by atoms with Crippen LogP contribution in [0.3, 0.4) is 0 Å². The van der Waals surface area contributed by atoms with Gasteiger partial charge in [0.05, 0.1) is 17.4 Å². The number of nitrogens with one attached hydrogen (secondary N) is 1. The van der Waals surface area contributed by atoms with E-state index < -0.39 is 11.7 Å². The number of hydrogen-bond donors (Lipinski definition) is 2. The first-order valence-electron chi connectivity index (χ1n) is 5.03. The minimum absolute atomic E-state index is 0.202. The van der Waals surface area contributed by atoms with Crippen LogP contribution in [0.5, 0.6) is 0 Å². The first-order chi connectivity index (χ1) is 8.56. The summed E-state index contributed by atoms with van der Waals surface area (Å²) in [5.41, 5.74) is 6.39. The summed E-state index contributed by atoms with van der Waals surface area (Å²) in [6.07, 6.45) is 2.82. The van der Waals surface area contributed by atoms with E-state index in [-0.39, 0.29) is 22.0 Å². The first kappa shape index (κ1) is 12.3. The van der Waals surface area contributed by atoms with Crippen LogP contribution in [0.25, 0.3) is 0 Å². The zero-order chi connectivity index (χ0) is 13.1. The molecule has 0 aliphatic rings. The number of carbonyl (C=O) groups excluding carboxylic acids is 1. The van der Waals surface area contributed by atoms with Crippen molar-refractivity contribution in [2.45, 2.75) is 0 Å². The van der Waals surface area contributed by atoms with Crippen LogP contribution in [0.15, 0.2) is 36.7 Å². The maximum atomic E-state index is 13.1. The summed E-state index contributed by atoms with van der Waals surface area (Å²) in [5.74, 6) is -0.975. The van der Waals surface area contributed by atoms with Gasteiger partial charge in [0, 0.05) is 16.9 Å². The second kappa shape index (κ2) is 5.01. The third-order valence-corrected chi connectivity index (χ3v) is 2.44. The van der Waals surface area contributed by atoms with Gasteiger partial charge < -0.3 is 11.1 Å². The molecule has 0 aliphatic heterocycles. The third-order valence-electron chi connectivity index (χ3n) is 2.22. The SMILES string of the molecule is Nc1cnccc1C(=O)Nc1cc(F)cc(Cl)c1. The molecule has 1 amide bonds. The van der Waals surface area contributed by atoms with Crippen molar-refractivity contribution in [1.82, 2.24) is 4.98 Å². The number of hydrogen-bond acceptors (Lipinski definition) is 3. The minimum atomic E-state index is -0.527. The molecule has 1 aromatic carbocycles. The number of benzene rings is 1. The minimum Gasteiger partial charge on any atom is -0.397 e. The van der Waals surface area contributed by atoms with Gasteiger partial charge in [0.15, 0.2) is 0 Å². The Hall–Kier alpha value is -2.14. The zero-order valence-electron chi connectivity index (χ0n) is 9.15. The molecule has 0 saturated heterocycles. The van der Waals surface area contributed by atoms with Gasteiger partial charge in [0.1, 0.15) is 5.82 Å². The lowest BCUT2D eigenvalue weighted by molar-refractivity contribution is 0.102. The molecule has 0 radical (unpaired) electrons. The highest BCUT2D eigenvalue weighted by Gasteiger charge is 2.10. The van der Waals surface area contributed by atoms with Crippen molar-refractivity contribution in [2.24, 2.45) is 0 Å². The fourth-order valence-electron chi connectivity index (χ4n) is 1.44. The number of amides is 1. The number of anilines is 2. The molecular formula is C12H9ClFN3O. The quantitative estimate of drug-likeness (QED) is 0.877. The van der Waals surface area contributed by atoms with E-state index in [1.54, 1.807) is 0 Å². The van der Waals surface area contributed by atoms with Gasteiger partial charge >= 0.3 is 0 Å². The summed E-state index contributed by atoms with van der Waals surface area (Å²) < 4.78 is 13.1. The summed E-state index contributed by atoms with van der Waals surface area (Å²) in [4.78, 5) is 15.6. The maximum absolute atomic E-state index is 13.1. The Kier molecular flexibility index (Phi) is 3.43. The van der Waals surface area contributed by atoms with Gasteiger partial charge in [0.2, 0.25) is 0 Å². The Morgan fingerprint density at radius 1 is 1.39 bits per heavy atom. The summed E-state index contributed by atoms with van der Waals surface area (Å²) in [6.45, 7) is 0. The Balaban J connectivity index is 2.24. The number of nitrogens with two attached hydrogens (primary N) is 1. The fraction of sp³-hybridized carbons (Fsp3) is 0. The molecule has 0 saturated carbocycles. The zero-order valence-corrected chi connectivity index (χ0v) is 9.91. The predicted molar refractivity (Wildman–Crippen MR) is 68.0 cm³/mol. The molecule has 1 aromatic heterocycles. The number of nitrogen functional groups attached to an aromatic ring is 1. The van der Waals surface area contributed by atoms with E-state index >= 15 is 0 Å². The van der Waals surface area contributed by atoms with Gasteiger partial charge in [-0.05, 0) is 24.3 Å². The second-order valence-corrected chi connectivity index (χ2v) is 4.01. The average molecular weight is 266 g/mol. The van der Waals surface area contributed by atoms with Gasteiger partial charge in [-0.2, -0.15) is 0 Å². The standard InChI is InChI=1S/C12H9ClFN3O/c13-7-3-8(14)5-9(4-7)17-12(18)10-1-2-16-6-11(10)15/h1-6H,15H2,(H,17,18). The van der Waals surface area contributed by atoms with Gasteiger partial charge in [-0.15, -0.1) is 0 Å². The lowest BCUT2D eigenvalue weighted by atomic mass is 10.2. The number of aromatic nitrogens is 1. The van der Waals surface area contributed by atoms with Crippen LogP contribution >= 0.6 is 11.6 Å². The van der Waals surface area contributed by atoms with Crippen molar-refractivity contribution in [2.75, 3.05) is 11.1 Å². The maximum Gasteiger partial charge on any atom is 0.257 e. The van der Waals surface area contributed by atoms with Gasteiger partial charge in [-0.25, -0.2) is 4.39 Å². The molecule has 2 aromatic rings. The van der Waals surface area contributed by atoms with Crippen LogP contribution in [0.4, 0.5) is 15.8 Å². The summed E-state index contributed by atoms with van der Waals surface area (Å²) in [6, 6.07) is 5.24. The summed E-state index contributed by atoms with van der Waals surface area (Å²) in [5, 5.41) is 2.71. The highest BCUT2D eigenvalue weighted by Crippen LogP contribution is 2.19. The van der Waals surface area contributed by atoms with Crippen LogP contribution in [-0.2, 0) is 0 Å². The molecule has 0 bridgehead atoms. The summed E-state index contributed by atoms with van der Waals surface area (Å²) >= 11 is 5.68. The smallest absolute Gasteiger partial charge is 0.257 e. The molecule has 0 aliphatic carbocycles. The number of pyridine rings is 1. The Bertz CT molecular complexity index is 583. The lowest BCUT2D eigenvalue weighted by Gasteiger charge is -2.07. The molecule has 0 unspecified atom stereocenters. The monoisotopic (exact) mass is 265 g/mol. The van der Waals surface area contributed by atoms with Crippen molar-refractivity contribution in [3.8, 4) is 0 Å². The number of rotatable bonds is 2. The van der Waals surface area contributed by atoms with Gasteiger partial charge in [-0.1, -0.05) is 11.6 Å². The second-order valence-electron chi connectivity index (χ2n) is 3.58. The van der Waals surface area contributed by atoms with Crippen LogP contribution in [-0.4, -0.2) is 10.9 Å². The molecular weight excluding hydrogens is 257 g/mol. The van der Waals surface area contributed by atoms with Crippen LogP contribution < -0.4 is 11.1 Å². The first-order valence-corrected chi connectivity index (χ1v) is 5.41. The normalized spacial score (nSPS) is 10.1. The van der Waals surface area contributed by atoms with E-state index in [2.05, 4.69) is 10.3 Å². The molecule has 3 N–H and O–H groups in total. The molecule has 1 heterocycles. The van der Waals surface area contributed by atoms with Crippen LogP contribution in [0.2, 0.25) is 5.02 Å².